The molecule has 3 heteroatoms. The number of rotatable bonds is 8. The molecule has 0 bridgehead atoms. The number of hydrogen-bond donors (Lipinski definition) is 0. The summed E-state index contributed by atoms with van der Waals surface area (Å²) in [6.45, 7) is 0. The van der Waals surface area contributed by atoms with Crippen LogP contribution >= 0.6 is 11.3 Å². The summed E-state index contributed by atoms with van der Waals surface area (Å²) in [7, 11) is 0. The molecular formula is C60H40N2S. The molecule has 0 saturated carbocycles. The summed E-state index contributed by atoms with van der Waals surface area (Å²) in [5, 5.41) is 5.00. The zero-order valence-corrected chi connectivity index (χ0v) is 35.2. The van der Waals surface area contributed by atoms with Crippen molar-refractivity contribution in [2.75, 3.05) is 4.90 Å². The maximum Gasteiger partial charge on any atom is 0.0562 e. The number of hydrogen-bond acceptors (Lipinski definition) is 2. The first-order valence-corrected chi connectivity index (χ1v) is 22.3. The van der Waals surface area contributed by atoms with Gasteiger partial charge in [-0.1, -0.05) is 176 Å². The monoisotopic (exact) mass is 820 g/mol. The van der Waals surface area contributed by atoms with Crippen LogP contribution in [0.15, 0.2) is 243 Å². The fourth-order valence-corrected chi connectivity index (χ4v) is 10.8. The Morgan fingerprint density at radius 3 is 1.62 bits per heavy atom. The summed E-state index contributed by atoms with van der Waals surface area (Å²) in [4.78, 5) is 2.50. The van der Waals surface area contributed by atoms with E-state index in [0.29, 0.717) is 0 Å². The van der Waals surface area contributed by atoms with Gasteiger partial charge in [0.2, 0.25) is 0 Å². The van der Waals surface area contributed by atoms with Crippen molar-refractivity contribution in [1.29, 1.82) is 0 Å². The highest BCUT2D eigenvalue weighted by atomic mass is 32.1. The molecule has 63 heavy (non-hydrogen) atoms. The number of thiophene rings is 1. The molecule has 10 aromatic carbocycles. The van der Waals surface area contributed by atoms with Crippen molar-refractivity contribution in [3.63, 3.8) is 0 Å². The fraction of sp³-hybridized carbons (Fsp3) is 0. The Labute approximate surface area is 370 Å². The van der Waals surface area contributed by atoms with E-state index in [9.17, 15) is 0 Å². The number of aromatic nitrogens is 1. The molecule has 296 valence electrons. The van der Waals surface area contributed by atoms with E-state index in [1.54, 1.807) is 0 Å². The summed E-state index contributed by atoms with van der Waals surface area (Å²) < 4.78 is 5.02. The maximum atomic E-state index is 2.50. The van der Waals surface area contributed by atoms with Crippen LogP contribution in [0.1, 0.15) is 0 Å². The van der Waals surface area contributed by atoms with Crippen LogP contribution in [0.4, 0.5) is 17.1 Å². The van der Waals surface area contributed by atoms with Gasteiger partial charge in [0.15, 0.2) is 0 Å². The van der Waals surface area contributed by atoms with Crippen molar-refractivity contribution in [2.24, 2.45) is 0 Å². The molecule has 12 aromatic rings. The van der Waals surface area contributed by atoms with Crippen LogP contribution in [0.25, 0.3) is 92.2 Å². The van der Waals surface area contributed by atoms with E-state index in [-0.39, 0.29) is 0 Å². The molecule has 0 spiro atoms. The van der Waals surface area contributed by atoms with E-state index in [1.165, 1.54) is 69.8 Å². The van der Waals surface area contributed by atoms with Gasteiger partial charge in [-0.2, -0.15) is 0 Å². The molecule has 0 unspecified atom stereocenters. The van der Waals surface area contributed by atoms with Crippen molar-refractivity contribution >= 4 is 70.4 Å². The molecule has 2 heterocycles. The van der Waals surface area contributed by atoms with E-state index in [1.807, 2.05) is 11.3 Å². The summed E-state index contributed by atoms with van der Waals surface area (Å²) in [6.07, 6.45) is 0. The second-order valence-electron chi connectivity index (χ2n) is 16.1. The predicted octanol–water partition coefficient (Wildman–Crippen LogP) is 17.3. The first-order valence-electron chi connectivity index (χ1n) is 21.5. The summed E-state index contributed by atoms with van der Waals surface area (Å²) in [5.41, 5.74) is 16.2. The minimum Gasteiger partial charge on any atom is -0.310 e. The van der Waals surface area contributed by atoms with E-state index < -0.39 is 0 Å². The van der Waals surface area contributed by atoms with Gasteiger partial charge >= 0.3 is 0 Å². The first-order chi connectivity index (χ1) is 31.3. The number of benzene rings is 10. The number of nitrogens with zero attached hydrogens (tertiary/aromatic N) is 2. The van der Waals surface area contributed by atoms with Crippen LogP contribution < -0.4 is 4.90 Å². The molecular weight excluding hydrogens is 781 g/mol. The number of para-hydroxylation sites is 2. The zero-order valence-electron chi connectivity index (χ0n) is 34.4. The topological polar surface area (TPSA) is 8.17 Å². The maximum absolute atomic E-state index is 2.50. The molecule has 0 aliphatic carbocycles. The Morgan fingerprint density at radius 2 is 0.905 bits per heavy atom. The predicted molar refractivity (Wildman–Crippen MR) is 270 cm³/mol. The molecule has 0 aliphatic heterocycles. The van der Waals surface area contributed by atoms with Gasteiger partial charge in [0.25, 0.3) is 0 Å². The van der Waals surface area contributed by atoms with Crippen molar-refractivity contribution in [3.05, 3.63) is 243 Å². The largest absolute Gasteiger partial charge is 0.310 e. The Bertz CT molecular complexity index is 3550. The van der Waals surface area contributed by atoms with Crippen molar-refractivity contribution in [3.8, 4) is 50.2 Å². The van der Waals surface area contributed by atoms with E-state index in [0.717, 1.165) is 39.4 Å². The fourth-order valence-electron chi connectivity index (χ4n) is 9.53. The molecule has 0 aliphatic rings. The van der Waals surface area contributed by atoms with E-state index >= 15 is 0 Å². The van der Waals surface area contributed by atoms with Gasteiger partial charge in [0.05, 0.1) is 16.7 Å². The normalized spacial score (nSPS) is 11.5. The Balaban J connectivity index is 1.17. The third kappa shape index (κ3) is 6.41. The lowest BCUT2D eigenvalue weighted by Crippen LogP contribution is -2.11. The van der Waals surface area contributed by atoms with Gasteiger partial charge < -0.3 is 9.47 Å². The zero-order chi connectivity index (χ0) is 41.7. The van der Waals surface area contributed by atoms with Crippen LogP contribution in [0.2, 0.25) is 0 Å². The molecule has 0 atom stereocenters. The minimum absolute atomic E-state index is 1.08. The highest BCUT2D eigenvalue weighted by Crippen LogP contribution is 2.49. The van der Waals surface area contributed by atoms with Gasteiger partial charge in [-0.25, -0.2) is 0 Å². The van der Waals surface area contributed by atoms with Gasteiger partial charge in [-0.3, -0.25) is 0 Å². The number of fused-ring (bicyclic) bond motifs is 6. The highest BCUT2D eigenvalue weighted by Gasteiger charge is 2.24. The van der Waals surface area contributed by atoms with Crippen molar-refractivity contribution in [2.45, 2.75) is 0 Å². The molecule has 0 radical (unpaired) electrons. The quantitative estimate of drug-likeness (QED) is 0.148. The van der Waals surface area contributed by atoms with Crippen molar-refractivity contribution in [1.82, 2.24) is 4.57 Å². The van der Waals surface area contributed by atoms with E-state index in [2.05, 4.69) is 252 Å². The smallest absolute Gasteiger partial charge is 0.0562 e. The molecule has 2 aromatic heterocycles. The Morgan fingerprint density at radius 1 is 0.333 bits per heavy atom. The highest BCUT2D eigenvalue weighted by molar-refractivity contribution is 7.26. The first kappa shape index (κ1) is 36.8. The molecule has 2 nitrogen and oxygen atoms in total. The van der Waals surface area contributed by atoms with Gasteiger partial charge in [0.1, 0.15) is 0 Å². The Hall–Kier alpha value is -7.98. The third-order valence-corrected chi connectivity index (χ3v) is 13.6. The second-order valence-corrected chi connectivity index (χ2v) is 17.1. The van der Waals surface area contributed by atoms with Gasteiger partial charge in [-0.15, -0.1) is 11.3 Å². The standard InChI is InChI=1S/C60H40N2S/c1-5-19-41(20-6-1)44-37-45(42-21-7-2-8-22-42)39-48(38-44)61(56-32-18-33-57-59(56)53-28-13-15-31-55(53)62(57)46-25-11-4-12-26-46)47-35-36-49(54(40-47)43-23-9-3-10-24-43)51-29-17-30-52-50-27-14-16-34-58(50)63-60(51)52/h1-40H. The summed E-state index contributed by atoms with van der Waals surface area (Å²) >= 11 is 1.88. The Kier molecular flexibility index (Phi) is 9.06. The minimum atomic E-state index is 1.08. The molecule has 0 saturated heterocycles. The third-order valence-electron chi connectivity index (χ3n) is 12.4. The molecule has 12 rings (SSSR count). The van der Waals surface area contributed by atoms with Crippen LogP contribution in [-0.4, -0.2) is 4.57 Å². The molecule has 0 fully saturated rings. The van der Waals surface area contributed by atoms with Crippen LogP contribution in [0.3, 0.4) is 0 Å². The lowest BCUT2D eigenvalue weighted by molar-refractivity contribution is 1.18. The average molecular weight is 821 g/mol. The van der Waals surface area contributed by atoms with E-state index in [4.69, 9.17) is 0 Å². The molecule has 0 amide bonds. The van der Waals surface area contributed by atoms with Crippen LogP contribution in [0.5, 0.6) is 0 Å². The average Bonchev–Trinajstić information content (AvgIpc) is 3.92. The lowest BCUT2D eigenvalue weighted by Gasteiger charge is -2.29. The van der Waals surface area contributed by atoms with Crippen LogP contribution in [-0.2, 0) is 0 Å². The SMILES string of the molecule is c1ccc(-c2cc(-c3ccccc3)cc(N(c3ccc(-c4cccc5c4sc4ccccc45)c(-c4ccccc4)c3)c3cccc4c3c3ccccc3n4-c3ccccc3)c2)cc1. The van der Waals surface area contributed by atoms with Gasteiger partial charge in [0, 0.05) is 53.6 Å². The molecule has 0 N–H and O–H groups in total. The summed E-state index contributed by atoms with van der Waals surface area (Å²) in [6, 6.07) is 88.5. The second kappa shape index (κ2) is 15.5. The van der Waals surface area contributed by atoms with Crippen molar-refractivity contribution < 1.29 is 0 Å². The summed E-state index contributed by atoms with van der Waals surface area (Å²) in [5.74, 6) is 0. The lowest BCUT2D eigenvalue weighted by atomic mass is 9.92. The van der Waals surface area contributed by atoms with Crippen LogP contribution in [0, 0.1) is 0 Å². The number of anilines is 3. The van der Waals surface area contributed by atoms with Gasteiger partial charge in [-0.05, 0) is 106 Å².